The van der Waals surface area contributed by atoms with Crippen LogP contribution in [0.3, 0.4) is 0 Å². The van der Waals surface area contributed by atoms with Crippen LogP contribution in [0.4, 0.5) is 0 Å². The SMILES string of the molecule is C#CC1c2c([nH]c3ccc(C)cc23)CCN1C.c1ccc2cnccc2c1. The maximum atomic E-state index is 5.69. The van der Waals surface area contributed by atoms with Gasteiger partial charge >= 0.3 is 0 Å². The fourth-order valence-corrected chi connectivity index (χ4v) is 3.77. The van der Waals surface area contributed by atoms with Crippen molar-refractivity contribution in [2.24, 2.45) is 0 Å². The van der Waals surface area contributed by atoms with E-state index in [1.54, 1.807) is 0 Å². The van der Waals surface area contributed by atoms with Crippen molar-refractivity contribution in [3.63, 3.8) is 0 Å². The van der Waals surface area contributed by atoms with E-state index in [-0.39, 0.29) is 6.04 Å². The number of nitrogens with one attached hydrogen (secondary N) is 1. The first-order valence-electron chi connectivity index (χ1n) is 9.23. The van der Waals surface area contributed by atoms with Gasteiger partial charge in [-0.3, -0.25) is 9.88 Å². The van der Waals surface area contributed by atoms with Crippen LogP contribution in [0.5, 0.6) is 0 Å². The molecule has 0 amide bonds. The monoisotopic (exact) mass is 353 g/mol. The van der Waals surface area contributed by atoms with Crippen molar-refractivity contribution >= 4 is 21.7 Å². The summed E-state index contributed by atoms with van der Waals surface area (Å²) in [4.78, 5) is 9.77. The van der Waals surface area contributed by atoms with E-state index in [1.807, 2.05) is 30.6 Å². The fraction of sp³-hybridized carbons (Fsp3) is 0.208. The van der Waals surface area contributed by atoms with E-state index in [1.165, 1.54) is 38.5 Å². The van der Waals surface area contributed by atoms with E-state index in [0.29, 0.717) is 0 Å². The lowest BCUT2D eigenvalue weighted by Crippen LogP contribution is -2.30. The Labute approximate surface area is 160 Å². The Morgan fingerprint density at radius 2 is 1.96 bits per heavy atom. The number of likely N-dealkylation sites (N-methyl/N-ethyl adjacent to an activating group) is 1. The normalized spacial score (nSPS) is 16.4. The van der Waals surface area contributed by atoms with Gasteiger partial charge in [0.25, 0.3) is 0 Å². The molecule has 3 heterocycles. The lowest BCUT2D eigenvalue weighted by atomic mass is 9.96. The molecule has 1 unspecified atom stereocenters. The average Bonchev–Trinajstić information content (AvgIpc) is 3.06. The quantitative estimate of drug-likeness (QED) is 0.457. The topological polar surface area (TPSA) is 31.9 Å². The number of fused-ring (bicyclic) bond motifs is 4. The molecular formula is C24H23N3. The van der Waals surface area contributed by atoms with Gasteiger partial charge in [-0.2, -0.15) is 0 Å². The zero-order chi connectivity index (χ0) is 18.8. The van der Waals surface area contributed by atoms with E-state index < -0.39 is 0 Å². The number of terminal acetylenes is 1. The summed E-state index contributed by atoms with van der Waals surface area (Å²) in [6, 6.07) is 16.8. The third-order valence-electron chi connectivity index (χ3n) is 5.21. The predicted octanol–water partition coefficient (Wildman–Crippen LogP) is 4.87. The molecule has 0 saturated heterocycles. The summed E-state index contributed by atoms with van der Waals surface area (Å²) in [6.07, 6.45) is 10.4. The molecule has 0 bridgehead atoms. The summed E-state index contributed by atoms with van der Waals surface area (Å²) < 4.78 is 0. The molecular weight excluding hydrogens is 330 g/mol. The number of aryl methyl sites for hydroxylation is 1. The molecule has 2 aromatic carbocycles. The molecule has 5 rings (SSSR count). The number of rotatable bonds is 0. The van der Waals surface area contributed by atoms with Crippen molar-refractivity contribution in [3.8, 4) is 12.3 Å². The van der Waals surface area contributed by atoms with Gasteiger partial charge in [0, 0.05) is 47.5 Å². The number of nitrogens with zero attached hydrogens (tertiary/aromatic N) is 2. The van der Waals surface area contributed by atoms with E-state index in [2.05, 4.69) is 65.1 Å². The van der Waals surface area contributed by atoms with Crippen molar-refractivity contribution in [1.29, 1.82) is 0 Å². The Hall–Kier alpha value is -3.09. The number of H-pyrrole nitrogens is 1. The number of pyridine rings is 1. The highest BCUT2D eigenvalue weighted by atomic mass is 15.1. The highest BCUT2D eigenvalue weighted by Crippen LogP contribution is 2.34. The first-order chi connectivity index (χ1) is 13.2. The molecule has 27 heavy (non-hydrogen) atoms. The first-order valence-corrected chi connectivity index (χ1v) is 9.23. The van der Waals surface area contributed by atoms with E-state index >= 15 is 0 Å². The van der Waals surface area contributed by atoms with Crippen LogP contribution in [-0.4, -0.2) is 28.5 Å². The van der Waals surface area contributed by atoms with Crippen molar-refractivity contribution in [2.75, 3.05) is 13.6 Å². The Kier molecular flexibility index (Phi) is 4.66. The van der Waals surface area contributed by atoms with Crippen LogP contribution in [0.25, 0.3) is 21.7 Å². The number of aromatic amines is 1. The number of benzene rings is 2. The Bertz CT molecular complexity index is 1070. The van der Waals surface area contributed by atoms with E-state index in [4.69, 9.17) is 6.42 Å². The van der Waals surface area contributed by atoms with Gasteiger partial charge in [-0.05, 0) is 42.9 Å². The molecule has 1 aliphatic rings. The maximum absolute atomic E-state index is 5.69. The van der Waals surface area contributed by atoms with Crippen LogP contribution in [0.2, 0.25) is 0 Å². The van der Waals surface area contributed by atoms with Crippen molar-refractivity contribution in [3.05, 3.63) is 77.7 Å². The third-order valence-corrected chi connectivity index (χ3v) is 5.21. The van der Waals surface area contributed by atoms with Gasteiger partial charge in [0.2, 0.25) is 0 Å². The molecule has 1 atom stereocenters. The minimum Gasteiger partial charge on any atom is -0.358 e. The average molecular weight is 353 g/mol. The number of hydrogen-bond donors (Lipinski definition) is 1. The Morgan fingerprint density at radius 1 is 1.15 bits per heavy atom. The molecule has 134 valence electrons. The highest BCUT2D eigenvalue weighted by Gasteiger charge is 2.26. The summed E-state index contributed by atoms with van der Waals surface area (Å²) in [5, 5.41) is 3.73. The minimum absolute atomic E-state index is 0.106. The van der Waals surface area contributed by atoms with Crippen LogP contribution >= 0.6 is 0 Å². The van der Waals surface area contributed by atoms with Gasteiger partial charge in [0.15, 0.2) is 0 Å². The molecule has 4 aromatic rings. The van der Waals surface area contributed by atoms with E-state index in [9.17, 15) is 0 Å². The zero-order valence-electron chi connectivity index (χ0n) is 15.7. The minimum atomic E-state index is 0.106. The highest BCUT2D eigenvalue weighted by molar-refractivity contribution is 5.86. The van der Waals surface area contributed by atoms with Gasteiger partial charge in [-0.25, -0.2) is 0 Å². The second kappa shape index (κ2) is 7.26. The van der Waals surface area contributed by atoms with Crippen molar-refractivity contribution in [2.45, 2.75) is 19.4 Å². The fourth-order valence-electron chi connectivity index (χ4n) is 3.77. The lowest BCUT2D eigenvalue weighted by molar-refractivity contribution is 0.280. The second-order valence-corrected chi connectivity index (χ2v) is 7.09. The second-order valence-electron chi connectivity index (χ2n) is 7.09. The third kappa shape index (κ3) is 3.32. The van der Waals surface area contributed by atoms with Gasteiger partial charge in [-0.1, -0.05) is 41.8 Å². The summed E-state index contributed by atoms with van der Waals surface area (Å²) in [5.74, 6) is 2.91. The number of hydrogen-bond acceptors (Lipinski definition) is 2. The van der Waals surface area contributed by atoms with Crippen molar-refractivity contribution in [1.82, 2.24) is 14.9 Å². The lowest BCUT2D eigenvalue weighted by Gasteiger charge is -2.29. The molecule has 3 heteroatoms. The molecule has 0 fully saturated rings. The van der Waals surface area contributed by atoms with Crippen LogP contribution in [0, 0.1) is 19.3 Å². The van der Waals surface area contributed by atoms with Crippen LogP contribution in [0.1, 0.15) is 22.9 Å². The molecule has 0 radical (unpaired) electrons. The Morgan fingerprint density at radius 3 is 2.74 bits per heavy atom. The Balaban J connectivity index is 0.000000153. The van der Waals surface area contributed by atoms with E-state index in [0.717, 1.165) is 13.0 Å². The van der Waals surface area contributed by atoms with Gasteiger partial charge in [0.1, 0.15) is 0 Å². The maximum Gasteiger partial charge on any atom is 0.0989 e. The van der Waals surface area contributed by atoms with Crippen LogP contribution in [0.15, 0.2) is 60.9 Å². The van der Waals surface area contributed by atoms with Gasteiger partial charge in [0.05, 0.1) is 6.04 Å². The molecule has 3 nitrogen and oxygen atoms in total. The smallest absolute Gasteiger partial charge is 0.0989 e. The van der Waals surface area contributed by atoms with Crippen molar-refractivity contribution < 1.29 is 0 Å². The molecule has 1 aliphatic heterocycles. The van der Waals surface area contributed by atoms with Crippen LogP contribution in [-0.2, 0) is 6.42 Å². The largest absolute Gasteiger partial charge is 0.358 e. The molecule has 0 spiro atoms. The summed E-state index contributed by atoms with van der Waals surface area (Å²) in [7, 11) is 2.10. The molecule has 0 aliphatic carbocycles. The summed E-state index contributed by atoms with van der Waals surface area (Å²) >= 11 is 0. The standard InChI is InChI=1S/C15H16N2.C9H7N/c1-4-14-15-11-9-10(2)5-6-12(11)16-13(15)7-8-17(14)3;1-2-4-9-7-10-6-5-8(9)3-1/h1,5-6,9,14,16H,7-8H2,2-3H3;1-7H. The molecule has 2 aromatic heterocycles. The van der Waals surface area contributed by atoms with Gasteiger partial charge in [-0.15, -0.1) is 6.42 Å². The summed E-state index contributed by atoms with van der Waals surface area (Å²) in [5.41, 5.74) is 5.10. The first kappa shape index (κ1) is 17.3. The molecule has 0 saturated carbocycles. The van der Waals surface area contributed by atoms with Crippen LogP contribution < -0.4 is 0 Å². The molecule has 1 N–H and O–H groups in total. The van der Waals surface area contributed by atoms with Gasteiger partial charge < -0.3 is 4.98 Å². The number of aromatic nitrogens is 2. The zero-order valence-corrected chi connectivity index (χ0v) is 15.7. The predicted molar refractivity (Wildman–Crippen MR) is 113 cm³/mol. The summed E-state index contributed by atoms with van der Waals surface area (Å²) in [6.45, 7) is 3.14.